The van der Waals surface area contributed by atoms with Gasteiger partial charge in [0, 0.05) is 0 Å². The number of halogens is 3. The van der Waals surface area contributed by atoms with Crippen molar-refractivity contribution in [3.05, 3.63) is 89.2 Å². The van der Waals surface area contributed by atoms with Gasteiger partial charge in [0.2, 0.25) is 1.43 Å². The summed E-state index contributed by atoms with van der Waals surface area (Å²) in [5.74, 6) is -6.02. The third kappa shape index (κ3) is 5.34. The van der Waals surface area contributed by atoms with Crippen molar-refractivity contribution < 1.29 is 37.8 Å². The molecule has 0 aliphatic carbocycles. The third-order valence-corrected chi connectivity index (χ3v) is 5.98. The number of nitrogens with zero attached hydrogens (tertiary/aromatic N) is 2. The molecule has 3 aromatic rings. The Hall–Kier alpha value is -3.92. The Morgan fingerprint density at radius 1 is 1.15 bits per heavy atom. The standard InChI is InChI=1S/C22H16F3N3O5S/c23-15-4-6-16(7-5-15)33-21-18(24)10-17(11-19(21)25)34(31,32)28(30)22(29)20(27)9-13-2-1-3-14(8-13)12-26/h1-8,10-11,20,30H,9,27H2/t20-/m0/s1/i30D. The fourth-order valence-electron chi connectivity index (χ4n) is 2.86. The monoisotopic (exact) mass is 492 g/mol. The second kappa shape index (κ2) is 9.92. The summed E-state index contributed by atoms with van der Waals surface area (Å²) in [5.41, 5.74) is 6.47. The largest absolute Gasteiger partial charge is 0.451 e. The lowest BCUT2D eigenvalue weighted by Gasteiger charge is -2.19. The summed E-state index contributed by atoms with van der Waals surface area (Å²) >= 11 is 0. The molecular formula is C22H16F3N3O5S. The predicted octanol–water partition coefficient (Wildman–Crippen LogP) is 3.24. The summed E-state index contributed by atoms with van der Waals surface area (Å²) in [6, 6.07) is 11.2. The molecule has 0 aromatic heterocycles. The van der Waals surface area contributed by atoms with Gasteiger partial charge in [-0.3, -0.25) is 10.0 Å². The minimum atomic E-state index is -5.08. The SMILES string of the molecule is [2H]ON(C(=O)[C@@H](N)Cc1cccc(C#N)c1)S(=O)(=O)c1cc(F)c(Oc2ccc(F)cc2)c(F)c1. The van der Waals surface area contributed by atoms with Crippen molar-refractivity contribution in [3.63, 3.8) is 0 Å². The molecule has 0 aliphatic heterocycles. The molecule has 0 fully saturated rings. The van der Waals surface area contributed by atoms with Crippen LogP contribution in [0.1, 0.15) is 11.1 Å². The summed E-state index contributed by atoms with van der Waals surface area (Å²) in [5, 5.41) is 12.9. The van der Waals surface area contributed by atoms with Crippen molar-refractivity contribution in [1.29, 1.82) is 5.26 Å². The second-order valence-corrected chi connectivity index (χ2v) is 8.72. The highest BCUT2D eigenvalue weighted by Gasteiger charge is 2.33. The molecule has 0 saturated heterocycles. The van der Waals surface area contributed by atoms with E-state index >= 15 is 0 Å². The van der Waals surface area contributed by atoms with E-state index in [4.69, 9.17) is 17.2 Å². The summed E-state index contributed by atoms with van der Waals surface area (Å²) in [6.45, 7) is 0. The average molecular weight is 492 g/mol. The molecule has 3 aromatic carbocycles. The summed E-state index contributed by atoms with van der Waals surface area (Å²) in [4.78, 5) is 11.6. The molecule has 0 spiro atoms. The van der Waals surface area contributed by atoms with Crippen molar-refractivity contribution in [3.8, 4) is 17.6 Å². The summed E-state index contributed by atoms with van der Waals surface area (Å²) in [7, 11) is -5.08. The highest BCUT2D eigenvalue weighted by atomic mass is 32.2. The Labute approximate surface area is 193 Å². The van der Waals surface area contributed by atoms with Gasteiger partial charge in [-0.15, -0.1) is 4.47 Å². The van der Waals surface area contributed by atoms with Gasteiger partial charge in [0.05, 0.1) is 22.6 Å². The molecular weight excluding hydrogens is 475 g/mol. The second-order valence-electron chi connectivity index (χ2n) is 6.97. The quantitative estimate of drug-likeness (QED) is 0.364. The number of carbonyl (C=O) groups is 1. The number of carbonyl (C=O) groups excluding carboxylic acids is 1. The molecule has 176 valence electrons. The maximum Gasteiger partial charge on any atom is 0.289 e. The molecule has 8 nitrogen and oxygen atoms in total. The zero-order valence-corrected chi connectivity index (χ0v) is 17.9. The van der Waals surface area contributed by atoms with Gasteiger partial charge in [0.1, 0.15) is 11.6 Å². The molecule has 0 bridgehead atoms. The lowest BCUT2D eigenvalue weighted by atomic mass is 10.0. The first-order valence-electron chi connectivity index (χ1n) is 9.87. The van der Waals surface area contributed by atoms with E-state index in [-0.39, 0.29) is 17.7 Å². The fraction of sp³-hybridized carbons (Fsp3) is 0.0909. The molecule has 0 aliphatic rings. The summed E-state index contributed by atoms with van der Waals surface area (Å²) in [6.07, 6.45) is -0.225. The molecule has 0 saturated carbocycles. The van der Waals surface area contributed by atoms with Crippen LogP contribution in [0.4, 0.5) is 13.2 Å². The minimum Gasteiger partial charge on any atom is -0.451 e. The number of rotatable bonds is 8. The topological polar surface area (TPSA) is 134 Å². The van der Waals surface area contributed by atoms with Crippen LogP contribution in [0, 0.1) is 28.8 Å². The van der Waals surface area contributed by atoms with E-state index in [0.717, 1.165) is 24.3 Å². The lowest BCUT2D eigenvalue weighted by molar-refractivity contribution is -0.147. The number of hydrogen-bond acceptors (Lipinski definition) is 7. The van der Waals surface area contributed by atoms with Crippen LogP contribution < -0.4 is 10.5 Å². The van der Waals surface area contributed by atoms with Gasteiger partial charge in [-0.1, -0.05) is 12.1 Å². The van der Waals surface area contributed by atoms with Crippen LogP contribution in [0.25, 0.3) is 0 Å². The summed E-state index contributed by atoms with van der Waals surface area (Å²) < 4.78 is 79.4. The highest BCUT2D eigenvalue weighted by Crippen LogP contribution is 2.31. The van der Waals surface area contributed by atoms with E-state index in [1.807, 2.05) is 6.07 Å². The average Bonchev–Trinajstić information content (AvgIpc) is 2.82. The van der Waals surface area contributed by atoms with Crippen LogP contribution in [-0.2, 0) is 21.2 Å². The molecule has 34 heavy (non-hydrogen) atoms. The van der Waals surface area contributed by atoms with E-state index in [1.165, 1.54) is 18.2 Å². The van der Waals surface area contributed by atoms with Crippen molar-refractivity contribution in [2.75, 3.05) is 0 Å². The maximum atomic E-state index is 14.5. The molecule has 0 unspecified atom stereocenters. The van der Waals surface area contributed by atoms with E-state index < -0.39 is 54.5 Å². The molecule has 1 amide bonds. The first-order chi connectivity index (χ1) is 16.6. The number of nitrogens with two attached hydrogens (primary N) is 1. The highest BCUT2D eigenvalue weighted by molar-refractivity contribution is 7.89. The predicted molar refractivity (Wildman–Crippen MR) is 111 cm³/mol. The molecule has 1 atom stereocenters. The van der Waals surface area contributed by atoms with Crippen molar-refractivity contribution in [2.24, 2.45) is 5.73 Å². The van der Waals surface area contributed by atoms with Gasteiger partial charge in [-0.05, 0) is 60.5 Å². The number of ether oxygens (including phenoxy) is 1. The van der Waals surface area contributed by atoms with E-state index in [9.17, 15) is 26.4 Å². The Bertz CT molecular complexity index is 1380. The number of hydroxylamine groups is 1. The van der Waals surface area contributed by atoms with Gasteiger partial charge >= 0.3 is 0 Å². The van der Waals surface area contributed by atoms with Crippen molar-refractivity contribution >= 4 is 15.9 Å². The minimum absolute atomic E-state index is 0.127. The van der Waals surface area contributed by atoms with Crippen LogP contribution in [0.15, 0.2) is 65.6 Å². The third-order valence-electron chi connectivity index (χ3n) is 4.53. The van der Waals surface area contributed by atoms with Crippen molar-refractivity contribution in [2.45, 2.75) is 17.4 Å². The molecule has 0 radical (unpaired) electrons. The van der Waals surface area contributed by atoms with Crippen LogP contribution >= 0.6 is 0 Å². The number of nitriles is 1. The molecule has 12 heteroatoms. The van der Waals surface area contributed by atoms with E-state index in [1.54, 1.807) is 6.07 Å². The Kier molecular flexibility index (Phi) is 6.78. The Morgan fingerprint density at radius 2 is 1.79 bits per heavy atom. The molecule has 3 N–H and O–H groups in total. The Balaban J connectivity index is 1.86. The molecule has 3 rings (SSSR count). The van der Waals surface area contributed by atoms with Crippen molar-refractivity contribution in [1.82, 2.24) is 4.47 Å². The smallest absolute Gasteiger partial charge is 0.289 e. The number of hydrogen-bond donors (Lipinski definition) is 2. The Morgan fingerprint density at radius 3 is 2.38 bits per heavy atom. The van der Waals surface area contributed by atoms with Crippen LogP contribution in [0.5, 0.6) is 11.5 Å². The number of amides is 1. The zero-order chi connectivity index (χ0) is 25.8. The fourth-order valence-corrected chi connectivity index (χ4v) is 3.93. The lowest BCUT2D eigenvalue weighted by Crippen LogP contribution is -2.46. The van der Waals surface area contributed by atoms with Gasteiger partial charge in [0.25, 0.3) is 15.9 Å². The van der Waals surface area contributed by atoms with Gasteiger partial charge in [-0.25, -0.2) is 13.2 Å². The number of benzene rings is 3. The first kappa shape index (κ1) is 23.2. The number of sulfonamides is 1. The van der Waals surface area contributed by atoms with Gasteiger partial charge < -0.3 is 10.5 Å². The first-order valence-corrected chi connectivity index (χ1v) is 10.9. The van der Waals surface area contributed by atoms with Crippen LogP contribution in [0.2, 0.25) is 1.43 Å². The van der Waals surface area contributed by atoms with Crippen LogP contribution in [0.3, 0.4) is 0 Å². The van der Waals surface area contributed by atoms with E-state index in [0.29, 0.717) is 17.7 Å². The normalized spacial score (nSPS) is 12.4. The molecule has 0 heterocycles. The van der Waals surface area contributed by atoms with Crippen LogP contribution in [-0.4, -0.2) is 30.0 Å². The van der Waals surface area contributed by atoms with E-state index in [2.05, 4.69) is 5.21 Å². The zero-order valence-electron chi connectivity index (χ0n) is 18.1. The van der Waals surface area contributed by atoms with Gasteiger partial charge in [-0.2, -0.15) is 13.7 Å². The maximum absolute atomic E-state index is 14.5. The van der Waals surface area contributed by atoms with Gasteiger partial charge in [0.15, 0.2) is 17.4 Å².